The number of aromatic nitrogens is 4. The van der Waals surface area contributed by atoms with Gasteiger partial charge in [-0.1, -0.05) is 12.1 Å². The van der Waals surface area contributed by atoms with Crippen molar-refractivity contribution in [1.82, 2.24) is 20.6 Å². The molecule has 0 unspecified atom stereocenters. The number of rotatable bonds is 3. The lowest BCUT2D eigenvalue weighted by molar-refractivity contribution is 0.0527. The van der Waals surface area contributed by atoms with E-state index in [0.717, 1.165) is 0 Å². The van der Waals surface area contributed by atoms with Gasteiger partial charge >= 0.3 is 5.97 Å². The van der Waals surface area contributed by atoms with Crippen molar-refractivity contribution >= 4 is 16.9 Å². The number of ether oxygens (including phenoxy) is 1. The van der Waals surface area contributed by atoms with E-state index in [-0.39, 0.29) is 0 Å². The summed E-state index contributed by atoms with van der Waals surface area (Å²) in [5.74, 6) is 0.0736. The van der Waals surface area contributed by atoms with Crippen molar-refractivity contribution < 1.29 is 13.9 Å². The first-order valence-corrected chi connectivity index (χ1v) is 5.72. The molecule has 96 valence electrons. The third kappa shape index (κ3) is 1.85. The van der Waals surface area contributed by atoms with Gasteiger partial charge in [-0.15, -0.1) is 5.10 Å². The van der Waals surface area contributed by atoms with E-state index in [2.05, 4.69) is 20.6 Å². The van der Waals surface area contributed by atoms with Gasteiger partial charge in [0, 0.05) is 5.39 Å². The molecule has 0 aliphatic heterocycles. The van der Waals surface area contributed by atoms with Crippen LogP contribution in [0.2, 0.25) is 0 Å². The molecule has 19 heavy (non-hydrogen) atoms. The molecule has 2 heterocycles. The number of furan rings is 1. The number of tetrazole rings is 1. The molecule has 1 aromatic carbocycles. The Kier molecular flexibility index (Phi) is 2.71. The van der Waals surface area contributed by atoms with Crippen LogP contribution in [-0.4, -0.2) is 33.2 Å². The lowest BCUT2D eigenvalue weighted by atomic mass is 10.1. The van der Waals surface area contributed by atoms with Gasteiger partial charge in [0.2, 0.25) is 0 Å². The summed E-state index contributed by atoms with van der Waals surface area (Å²) >= 11 is 0. The molecule has 0 bridgehead atoms. The number of nitrogens with one attached hydrogen (secondary N) is 1. The molecular formula is C12H10N4O3. The normalized spacial score (nSPS) is 10.8. The van der Waals surface area contributed by atoms with Crippen LogP contribution in [0.1, 0.15) is 17.3 Å². The van der Waals surface area contributed by atoms with Crippen molar-refractivity contribution in [3.8, 4) is 11.4 Å². The minimum absolute atomic E-state index is 0.317. The molecule has 2 aromatic heterocycles. The molecular weight excluding hydrogens is 248 g/mol. The number of H-pyrrole nitrogens is 1. The molecule has 7 nitrogen and oxygen atoms in total. The summed E-state index contributed by atoms with van der Waals surface area (Å²) in [6, 6.07) is 5.40. The molecule has 3 rings (SSSR count). The Hall–Kier alpha value is -2.70. The van der Waals surface area contributed by atoms with Gasteiger partial charge in [-0.05, 0) is 23.4 Å². The van der Waals surface area contributed by atoms with Gasteiger partial charge in [-0.2, -0.15) is 0 Å². The minimum atomic E-state index is -0.408. The molecule has 0 fully saturated rings. The van der Waals surface area contributed by atoms with Crippen LogP contribution in [0.3, 0.4) is 0 Å². The molecule has 3 aromatic rings. The highest BCUT2D eigenvalue weighted by atomic mass is 16.5. The van der Waals surface area contributed by atoms with Gasteiger partial charge in [-0.3, -0.25) is 0 Å². The van der Waals surface area contributed by atoms with Gasteiger partial charge in [-0.25, -0.2) is 9.89 Å². The molecule has 0 aliphatic rings. The fourth-order valence-electron chi connectivity index (χ4n) is 1.88. The highest BCUT2D eigenvalue weighted by Gasteiger charge is 2.18. The largest absolute Gasteiger partial charge is 0.463 e. The molecule has 0 saturated carbocycles. The Labute approximate surface area is 107 Å². The molecule has 7 heteroatoms. The number of hydrogen-bond donors (Lipinski definition) is 1. The smallest absolute Gasteiger partial charge is 0.342 e. The van der Waals surface area contributed by atoms with Crippen molar-refractivity contribution in [1.29, 1.82) is 0 Å². The van der Waals surface area contributed by atoms with Crippen LogP contribution in [0, 0.1) is 0 Å². The predicted octanol–water partition coefficient (Wildman–Crippen LogP) is 1.79. The summed E-state index contributed by atoms with van der Waals surface area (Å²) in [4.78, 5) is 11.8. The topological polar surface area (TPSA) is 93.9 Å². The van der Waals surface area contributed by atoms with Crippen LogP contribution in [0.15, 0.2) is 28.9 Å². The zero-order valence-electron chi connectivity index (χ0n) is 10.1. The Balaban J connectivity index is 2.16. The molecule has 0 radical (unpaired) electrons. The van der Waals surface area contributed by atoms with Gasteiger partial charge in [0.25, 0.3) is 0 Å². The number of esters is 1. The average molecular weight is 258 g/mol. The first kappa shape index (κ1) is 11.4. The quantitative estimate of drug-likeness (QED) is 0.720. The molecule has 0 spiro atoms. The number of carbonyl (C=O) groups is 1. The number of fused-ring (bicyclic) bond motifs is 1. The highest BCUT2D eigenvalue weighted by Crippen LogP contribution is 2.29. The van der Waals surface area contributed by atoms with Crippen LogP contribution in [0.4, 0.5) is 0 Å². The summed E-state index contributed by atoms with van der Waals surface area (Å²) in [7, 11) is 0. The first-order chi connectivity index (χ1) is 9.31. The lowest BCUT2D eigenvalue weighted by Gasteiger charge is -1.99. The molecule has 0 atom stereocenters. The monoisotopic (exact) mass is 258 g/mol. The van der Waals surface area contributed by atoms with Gasteiger partial charge in [0.15, 0.2) is 5.82 Å². The summed E-state index contributed by atoms with van der Waals surface area (Å²) in [6.07, 6.45) is 1.38. The Morgan fingerprint density at radius 1 is 1.47 bits per heavy atom. The average Bonchev–Trinajstić information content (AvgIpc) is 3.08. The summed E-state index contributed by atoms with van der Waals surface area (Å²) in [5, 5.41) is 14.2. The summed E-state index contributed by atoms with van der Waals surface area (Å²) < 4.78 is 10.4. The van der Waals surface area contributed by atoms with Crippen LogP contribution >= 0.6 is 0 Å². The fraction of sp³-hybridized carbons (Fsp3) is 0.167. The van der Waals surface area contributed by atoms with E-state index in [9.17, 15) is 4.79 Å². The third-order valence-corrected chi connectivity index (χ3v) is 2.70. The van der Waals surface area contributed by atoms with Crippen LogP contribution < -0.4 is 0 Å². The summed E-state index contributed by atoms with van der Waals surface area (Å²) in [5.41, 5.74) is 1.63. The van der Waals surface area contributed by atoms with Gasteiger partial charge in [0.1, 0.15) is 17.4 Å². The van der Waals surface area contributed by atoms with Crippen LogP contribution in [0.25, 0.3) is 22.4 Å². The van der Waals surface area contributed by atoms with Crippen LogP contribution in [0.5, 0.6) is 0 Å². The SMILES string of the molecule is CCOC(=O)c1coc2c(-c3nnn[nH]3)cccc12. The number of nitrogens with zero attached hydrogens (tertiary/aromatic N) is 3. The zero-order chi connectivity index (χ0) is 13.2. The van der Waals surface area contributed by atoms with E-state index >= 15 is 0 Å². The Morgan fingerprint density at radius 2 is 2.37 bits per heavy atom. The first-order valence-electron chi connectivity index (χ1n) is 5.72. The predicted molar refractivity (Wildman–Crippen MR) is 65.3 cm³/mol. The van der Waals surface area contributed by atoms with Crippen molar-refractivity contribution in [3.63, 3.8) is 0 Å². The maximum absolute atomic E-state index is 11.8. The molecule has 0 saturated heterocycles. The van der Waals surface area contributed by atoms with E-state index < -0.39 is 5.97 Å². The number of benzene rings is 1. The second kappa shape index (κ2) is 4.52. The minimum Gasteiger partial charge on any atom is -0.463 e. The lowest BCUT2D eigenvalue weighted by Crippen LogP contribution is -2.03. The van der Waals surface area contributed by atoms with E-state index in [4.69, 9.17) is 9.15 Å². The van der Waals surface area contributed by atoms with E-state index in [0.29, 0.717) is 34.5 Å². The van der Waals surface area contributed by atoms with Crippen molar-refractivity contribution in [2.24, 2.45) is 0 Å². The number of aromatic amines is 1. The van der Waals surface area contributed by atoms with Gasteiger partial charge in [0.05, 0.1) is 12.2 Å². The summed E-state index contributed by atoms with van der Waals surface area (Å²) in [6.45, 7) is 2.07. The third-order valence-electron chi connectivity index (χ3n) is 2.70. The second-order valence-corrected chi connectivity index (χ2v) is 3.80. The van der Waals surface area contributed by atoms with E-state index in [1.165, 1.54) is 6.26 Å². The Bertz CT molecular complexity index is 718. The highest BCUT2D eigenvalue weighted by molar-refractivity contribution is 6.06. The van der Waals surface area contributed by atoms with Gasteiger partial charge < -0.3 is 9.15 Å². The van der Waals surface area contributed by atoms with Crippen molar-refractivity contribution in [2.75, 3.05) is 6.61 Å². The van der Waals surface area contributed by atoms with Crippen molar-refractivity contribution in [2.45, 2.75) is 6.92 Å². The van der Waals surface area contributed by atoms with E-state index in [1.807, 2.05) is 6.07 Å². The number of para-hydroxylation sites is 1. The molecule has 0 aliphatic carbocycles. The molecule has 0 amide bonds. The number of hydrogen-bond acceptors (Lipinski definition) is 6. The molecule has 1 N–H and O–H groups in total. The fourth-order valence-corrected chi connectivity index (χ4v) is 1.88. The maximum Gasteiger partial charge on any atom is 0.342 e. The zero-order valence-corrected chi connectivity index (χ0v) is 10.1. The second-order valence-electron chi connectivity index (χ2n) is 3.80. The Morgan fingerprint density at radius 3 is 3.11 bits per heavy atom. The van der Waals surface area contributed by atoms with Crippen molar-refractivity contribution in [3.05, 3.63) is 30.0 Å². The van der Waals surface area contributed by atoms with Crippen LogP contribution in [-0.2, 0) is 4.74 Å². The number of carbonyl (C=O) groups excluding carboxylic acids is 1. The standard InChI is InChI=1S/C12H10N4O3/c1-2-18-12(17)9-6-19-10-7(9)4-3-5-8(10)11-13-15-16-14-11/h3-6H,2H2,1H3,(H,13,14,15,16). The van der Waals surface area contributed by atoms with E-state index in [1.54, 1.807) is 19.1 Å². The maximum atomic E-state index is 11.8.